The van der Waals surface area contributed by atoms with Crippen molar-refractivity contribution in [3.05, 3.63) is 23.2 Å². The molecule has 4 heteroatoms. The molecule has 0 spiro atoms. The Morgan fingerprint density at radius 1 is 1.29 bits per heavy atom. The second-order valence-corrected chi connectivity index (χ2v) is 6.80. The first-order chi connectivity index (χ1) is 9.94. The summed E-state index contributed by atoms with van der Waals surface area (Å²) in [7, 11) is 0. The Labute approximate surface area is 128 Å². The SMILES string of the molecule is Cc1cc(CN2C[C@@H](C)O[C@@H](C)C2)oc1CNCC(C)C. The van der Waals surface area contributed by atoms with Crippen LogP contribution < -0.4 is 5.32 Å². The third kappa shape index (κ3) is 5.13. The summed E-state index contributed by atoms with van der Waals surface area (Å²) in [6.07, 6.45) is 0.606. The highest BCUT2D eigenvalue weighted by Gasteiger charge is 2.23. The highest BCUT2D eigenvalue weighted by Crippen LogP contribution is 2.19. The standard InChI is InChI=1S/C17H30N2O2/c1-12(2)7-18-8-17-13(3)6-16(21-17)11-19-9-14(4)20-15(5)10-19/h6,12,14-15,18H,7-11H2,1-5H3/t14-,15+. The smallest absolute Gasteiger partial charge is 0.120 e. The first-order valence-corrected chi connectivity index (χ1v) is 8.10. The van der Waals surface area contributed by atoms with Crippen LogP contribution in [0.4, 0.5) is 0 Å². The van der Waals surface area contributed by atoms with Crippen LogP contribution in [0.2, 0.25) is 0 Å². The van der Waals surface area contributed by atoms with Crippen molar-refractivity contribution in [2.24, 2.45) is 5.92 Å². The maximum Gasteiger partial charge on any atom is 0.120 e. The van der Waals surface area contributed by atoms with Crippen molar-refractivity contribution in [2.75, 3.05) is 19.6 Å². The van der Waals surface area contributed by atoms with E-state index in [0.717, 1.165) is 44.2 Å². The molecule has 0 bridgehead atoms. The summed E-state index contributed by atoms with van der Waals surface area (Å²) in [5.41, 5.74) is 1.25. The molecule has 0 aromatic carbocycles. The van der Waals surface area contributed by atoms with Crippen LogP contribution in [0.5, 0.6) is 0 Å². The molecule has 1 aromatic heterocycles. The van der Waals surface area contributed by atoms with Crippen LogP contribution in [0.3, 0.4) is 0 Å². The van der Waals surface area contributed by atoms with Gasteiger partial charge in [-0.15, -0.1) is 0 Å². The molecule has 0 aliphatic carbocycles. The normalized spacial score (nSPS) is 23.9. The van der Waals surface area contributed by atoms with Gasteiger partial charge in [-0.2, -0.15) is 0 Å². The third-order valence-corrected chi connectivity index (χ3v) is 3.78. The summed E-state index contributed by atoms with van der Waals surface area (Å²) >= 11 is 0. The summed E-state index contributed by atoms with van der Waals surface area (Å²) in [5, 5.41) is 3.45. The van der Waals surface area contributed by atoms with Gasteiger partial charge in [-0.3, -0.25) is 4.90 Å². The van der Waals surface area contributed by atoms with E-state index in [1.807, 2.05) is 0 Å². The predicted molar refractivity (Wildman–Crippen MR) is 85.3 cm³/mol. The molecule has 0 radical (unpaired) electrons. The summed E-state index contributed by atoms with van der Waals surface area (Å²) in [4.78, 5) is 2.42. The molecule has 4 nitrogen and oxygen atoms in total. The fourth-order valence-corrected chi connectivity index (χ4v) is 2.95. The van der Waals surface area contributed by atoms with Crippen LogP contribution in [-0.4, -0.2) is 36.7 Å². The van der Waals surface area contributed by atoms with Gasteiger partial charge < -0.3 is 14.5 Å². The predicted octanol–water partition coefficient (Wildman–Crippen LogP) is 2.94. The highest BCUT2D eigenvalue weighted by molar-refractivity contribution is 5.20. The van der Waals surface area contributed by atoms with Crippen LogP contribution in [0.1, 0.15) is 44.8 Å². The molecule has 2 rings (SSSR count). The summed E-state index contributed by atoms with van der Waals surface area (Å²) in [6.45, 7) is 15.5. The van der Waals surface area contributed by atoms with Crippen molar-refractivity contribution in [1.82, 2.24) is 10.2 Å². The quantitative estimate of drug-likeness (QED) is 0.875. The lowest BCUT2D eigenvalue weighted by molar-refractivity contribution is -0.0718. The van der Waals surface area contributed by atoms with Crippen LogP contribution in [0.15, 0.2) is 10.5 Å². The Bertz CT molecular complexity index is 432. The van der Waals surface area contributed by atoms with E-state index in [0.29, 0.717) is 18.1 Å². The number of hydrogen-bond donors (Lipinski definition) is 1. The number of morpholine rings is 1. The van der Waals surface area contributed by atoms with Crippen molar-refractivity contribution in [1.29, 1.82) is 0 Å². The molecule has 0 saturated carbocycles. The fraction of sp³-hybridized carbons (Fsp3) is 0.765. The molecule has 2 atom stereocenters. The molecule has 1 fully saturated rings. The number of furan rings is 1. The zero-order valence-electron chi connectivity index (χ0n) is 14.1. The van der Waals surface area contributed by atoms with Gasteiger partial charge in [0.15, 0.2) is 0 Å². The van der Waals surface area contributed by atoms with Gasteiger partial charge in [0.25, 0.3) is 0 Å². The highest BCUT2D eigenvalue weighted by atomic mass is 16.5. The summed E-state index contributed by atoms with van der Waals surface area (Å²) in [5.74, 6) is 2.80. The minimum Gasteiger partial charge on any atom is -0.463 e. The van der Waals surface area contributed by atoms with E-state index < -0.39 is 0 Å². The molecule has 1 saturated heterocycles. The Kier molecular flexibility index (Phi) is 5.85. The first kappa shape index (κ1) is 16.5. The van der Waals surface area contributed by atoms with Gasteiger partial charge in [0.1, 0.15) is 11.5 Å². The van der Waals surface area contributed by atoms with Gasteiger partial charge in [0, 0.05) is 13.1 Å². The Morgan fingerprint density at radius 2 is 1.95 bits per heavy atom. The monoisotopic (exact) mass is 294 g/mol. The van der Waals surface area contributed by atoms with Crippen LogP contribution >= 0.6 is 0 Å². The Morgan fingerprint density at radius 3 is 2.57 bits per heavy atom. The molecule has 21 heavy (non-hydrogen) atoms. The minimum absolute atomic E-state index is 0.303. The zero-order valence-corrected chi connectivity index (χ0v) is 14.1. The maximum absolute atomic E-state index is 6.02. The largest absolute Gasteiger partial charge is 0.463 e. The minimum atomic E-state index is 0.303. The van der Waals surface area contributed by atoms with Crippen LogP contribution in [-0.2, 0) is 17.8 Å². The van der Waals surface area contributed by atoms with Crippen molar-refractivity contribution in [3.8, 4) is 0 Å². The number of aryl methyl sites for hydroxylation is 1. The Balaban J connectivity index is 1.89. The summed E-state index contributed by atoms with van der Waals surface area (Å²) < 4.78 is 11.8. The number of nitrogens with one attached hydrogen (secondary N) is 1. The van der Waals surface area contributed by atoms with Crippen LogP contribution in [0, 0.1) is 12.8 Å². The van der Waals surface area contributed by atoms with Crippen molar-refractivity contribution >= 4 is 0 Å². The number of hydrogen-bond acceptors (Lipinski definition) is 4. The van der Waals surface area contributed by atoms with E-state index in [-0.39, 0.29) is 0 Å². The molecule has 2 heterocycles. The van der Waals surface area contributed by atoms with E-state index >= 15 is 0 Å². The van der Waals surface area contributed by atoms with Gasteiger partial charge in [0.05, 0.1) is 25.3 Å². The van der Waals surface area contributed by atoms with E-state index in [1.165, 1.54) is 5.56 Å². The second-order valence-electron chi connectivity index (χ2n) is 6.80. The van der Waals surface area contributed by atoms with Gasteiger partial charge in [0.2, 0.25) is 0 Å². The second kappa shape index (κ2) is 7.43. The molecule has 1 N–H and O–H groups in total. The van der Waals surface area contributed by atoms with Crippen LogP contribution in [0.25, 0.3) is 0 Å². The van der Waals surface area contributed by atoms with Gasteiger partial charge in [-0.05, 0) is 44.9 Å². The van der Waals surface area contributed by atoms with Gasteiger partial charge in [-0.25, -0.2) is 0 Å². The molecular formula is C17H30N2O2. The topological polar surface area (TPSA) is 37.6 Å². The van der Waals surface area contributed by atoms with Gasteiger partial charge >= 0.3 is 0 Å². The van der Waals surface area contributed by atoms with Crippen molar-refractivity contribution in [2.45, 2.75) is 59.9 Å². The number of ether oxygens (including phenoxy) is 1. The molecule has 0 unspecified atom stereocenters. The number of rotatable bonds is 6. The first-order valence-electron chi connectivity index (χ1n) is 8.10. The van der Waals surface area contributed by atoms with E-state index in [2.05, 4.69) is 50.9 Å². The third-order valence-electron chi connectivity index (χ3n) is 3.78. The maximum atomic E-state index is 6.02. The molecule has 120 valence electrons. The molecule has 1 aliphatic rings. The van der Waals surface area contributed by atoms with Crippen molar-refractivity contribution < 1.29 is 9.15 Å². The lowest BCUT2D eigenvalue weighted by atomic mass is 10.2. The lowest BCUT2D eigenvalue weighted by Crippen LogP contribution is -2.44. The molecule has 1 aliphatic heterocycles. The number of nitrogens with zero attached hydrogens (tertiary/aromatic N) is 1. The Hall–Kier alpha value is -0.840. The molecular weight excluding hydrogens is 264 g/mol. The average molecular weight is 294 g/mol. The van der Waals surface area contributed by atoms with Crippen molar-refractivity contribution in [3.63, 3.8) is 0 Å². The fourth-order valence-electron chi connectivity index (χ4n) is 2.95. The molecule has 1 aromatic rings. The lowest BCUT2D eigenvalue weighted by Gasteiger charge is -2.34. The summed E-state index contributed by atoms with van der Waals surface area (Å²) in [6, 6.07) is 2.18. The van der Waals surface area contributed by atoms with Gasteiger partial charge in [-0.1, -0.05) is 13.8 Å². The van der Waals surface area contributed by atoms with E-state index in [4.69, 9.17) is 9.15 Å². The average Bonchev–Trinajstić information content (AvgIpc) is 2.67. The van der Waals surface area contributed by atoms with E-state index in [1.54, 1.807) is 0 Å². The van der Waals surface area contributed by atoms with E-state index in [9.17, 15) is 0 Å². The molecule has 0 amide bonds. The zero-order chi connectivity index (χ0) is 15.4.